The van der Waals surface area contributed by atoms with Gasteiger partial charge >= 0.3 is 0 Å². The number of benzene rings is 1. The summed E-state index contributed by atoms with van der Waals surface area (Å²) in [5.41, 5.74) is 2.07. The maximum Gasteiger partial charge on any atom is 0.234 e. The number of unbranched alkanes of at least 4 members (excludes halogenated alkanes) is 1. The lowest BCUT2D eigenvalue weighted by Crippen LogP contribution is -2.18. The van der Waals surface area contributed by atoms with Gasteiger partial charge in [0.1, 0.15) is 0 Å². The topological polar surface area (TPSA) is 58.1 Å². The smallest absolute Gasteiger partial charge is 0.234 e. The molecule has 1 aliphatic heterocycles. The van der Waals surface area contributed by atoms with E-state index in [1.807, 2.05) is 12.1 Å². The van der Waals surface area contributed by atoms with Crippen molar-refractivity contribution >= 4 is 52.1 Å². The normalized spacial score (nSPS) is 14.0. The monoisotopic (exact) mass is 408 g/mol. The van der Waals surface area contributed by atoms with Gasteiger partial charge in [0, 0.05) is 30.2 Å². The molecule has 1 fully saturated rings. The lowest BCUT2D eigenvalue weighted by atomic mass is 10.2. The van der Waals surface area contributed by atoms with Crippen LogP contribution in [0.25, 0.3) is 0 Å². The van der Waals surface area contributed by atoms with Gasteiger partial charge in [0.15, 0.2) is 8.68 Å². The summed E-state index contributed by atoms with van der Waals surface area (Å²) in [6, 6.07) is 8.12. The molecule has 1 aromatic carbocycles. The fourth-order valence-corrected chi connectivity index (χ4v) is 5.65. The van der Waals surface area contributed by atoms with Gasteiger partial charge in [0.05, 0.1) is 5.75 Å². The quantitative estimate of drug-likeness (QED) is 0.477. The lowest BCUT2D eigenvalue weighted by Gasteiger charge is -2.17. The Kier molecular flexibility index (Phi) is 7.64. The Balaban J connectivity index is 1.42. The van der Waals surface area contributed by atoms with Crippen LogP contribution in [0, 0.1) is 0 Å². The van der Waals surface area contributed by atoms with Gasteiger partial charge in [-0.25, -0.2) is 0 Å². The van der Waals surface area contributed by atoms with Gasteiger partial charge in [0.2, 0.25) is 5.91 Å². The number of rotatable bonds is 9. The molecule has 5 nitrogen and oxygen atoms in total. The number of aromatic nitrogens is 2. The van der Waals surface area contributed by atoms with Crippen molar-refractivity contribution in [3.63, 3.8) is 0 Å². The molecule has 140 valence electrons. The molecule has 1 aromatic heterocycles. The van der Waals surface area contributed by atoms with Crippen LogP contribution >= 0.6 is 34.9 Å². The summed E-state index contributed by atoms with van der Waals surface area (Å²) in [6.07, 6.45) is 4.90. The molecule has 8 heteroatoms. The van der Waals surface area contributed by atoms with Crippen molar-refractivity contribution in [1.82, 2.24) is 10.2 Å². The highest BCUT2D eigenvalue weighted by Crippen LogP contribution is 2.29. The standard InChI is InChI=1S/C18H24N4OS3/c1-2-3-12-24-17-20-21-18(26-17)25-13-16(23)19-14-6-8-15(9-7-14)22-10-4-5-11-22/h6-9H,2-5,10-13H2,1H3,(H,19,23). The minimum Gasteiger partial charge on any atom is -0.372 e. The van der Waals surface area contributed by atoms with E-state index in [2.05, 4.69) is 39.5 Å². The van der Waals surface area contributed by atoms with Crippen LogP contribution in [0.3, 0.4) is 0 Å². The van der Waals surface area contributed by atoms with Crippen molar-refractivity contribution in [3.05, 3.63) is 24.3 Å². The summed E-state index contributed by atoms with van der Waals surface area (Å²) in [5, 5.41) is 11.3. The van der Waals surface area contributed by atoms with E-state index < -0.39 is 0 Å². The highest BCUT2D eigenvalue weighted by atomic mass is 32.2. The molecule has 0 spiro atoms. The van der Waals surface area contributed by atoms with Crippen LogP contribution in [0.2, 0.25) is 0 Å². The fourth-order valence-electron chi connectivity index (χ4n) is 2.67. The minimum absolute atomic E-state index is 0.0145. The molecule has 1 N–H and O–H groups in total. The lowest BCUT2D eigenvalue weighted by molar-refractivity contribution is -0.113. The van der Waals surface area contributed by atoms with Gasteiger partial charge in [-0.2, -0.15) is 0 Å². The number of carbonyl (C=O) groups is 1. The summed E-state index contributed by atoms with van der Waals surface area (Å²) in [6.45, 7) is 4.44. The number of carbonyl (C=O) groups excluding carboxylic acids is 1. The number of anilines is 2. The van der Waals surface area contributed by atoms with Crippen LogP contribution < -0.4 is 10.2 Å². The van der Waals surface area contributed by atoms with Crippen molar-refractivity contribution in [3.8, 4) is 0 Å². The van der Waals surface area contributed by atoms with Crippen molar-refractivity contribution in [2.24, 2.45) is 0 Å². The van der Waals surface area contributed by atoms with Gasteiger partial charge in [-0.05, 0) is 43.5 Å². The van der Waals surface area contributed by atoms with E-state index in [1.165, 1.54) is 43.1 Å². The Morgan fingerprint density at radius 3 is 2.54 bits per heavy atom. The third-order valence-electron chi connectivity index (χ3n) is 4.06. The second-order valence-electron chi connectivity index (χ2n) is 6.11. The van der Waals surface area contributed by atoms with Gasteiger partial charge in [0.25, 0.3) is 0 Å². The molecular formula is C18H24N4OS3. The summed E-state index contributed by atoms with van der Waals surface area (Å²) in [5.74, 6) is 1.41. The number of hydrogen-bond acceptors (Lipinski definition) is 7. The number of amides is 1. The molecule has 2 heterocycles. The Morgan fingerprint density at radius 1 is 1.15 bits per heavy atom. The Labute approximate surface area is 167 Å². The van der Waals surface area contributed by atoms with Crippen molar-refractivity contribution in [2.45, 2.75) is 41.3 Å². The molecule has 1 aliphatic rings. The first-order valence-electron chi connectivity index (χ1n) is 8.98. The molecule has 0 bridgehead atoms. The first kappa shape index (κ1) is 19.5. The van der Waals surface area contributed by atoms with Crippen LogP contribution in [0.1, 0.15) is 32.6 Å². The molecule has 26 heavy (non-hydrogen) atoms. The molecule has 0 saturated carbocycles. The second-order valence-corrected chi connectivity index (χ2v) is 9.66. The van der Waals surface area contributed by atoms with E-state index in [4.69, 9.17) is 0 Å². The summed E-state index contributed by atoms with van der Waals surface area (Å²) < 4.78 is 1.84. The number of nitrogens with zero attached hydrogens (tertiary/aromatic N) is 3. The van der Waals surface area contributed by atoms with Crippen molar-refractivity contribution in [1.29, 1.82) is 0 Å². The largest absolute Gasteiger partial charge is 0.372 e. The average molecular weight is 409 g/mol. The average Bonchev–Trinajstić information content (AvgIpc) is 3.33. The highest BCUT2D eigenvalue weighted by Gasteiger charge is 2.12. The molecule has 0 aliphatic carbocycles. The third-order valence-corrected chi connectivity index (χ3v) is 7.34. The van der Waals surface area contributed by atoms with E-state index in [0.717, 1.165) is 33.2 Å². The molecule has 0 atom stereocenters. The van der Waals surface area contributed by atoms with Crippen LogP contribution in [0.4, 0.5) is 11.4 Å². The first-order valence-corrected chi connectivity index (χ1v) is 11.8. The molecular weight excluding hydrogens is 384 g/mol. The summed E-state index contributed by atoms with van der Waals surface area (Å²) in [4.78, 5) is 14.5. The van der Waals surface area contributed by atoms with Crippen LogP contribution in [0.5, 0.6) is 0 Å². The van der Waals surface area contributed by atoms with E-state index in [0.29, 0.717) is 5.75 Å². The first-order chi connectivity index (χ1) is 12.7. The van der Waals surface area contributed by atoms with Gasteiger partial charge in [-0.3, -0.25) is 4.79 Å². The Morgan fingerprint density at radius 2 is 1.85 bits per heavy atom. The van der Waals surface area contributed by atoms with E-state index >= 15 is 0 Å². The van der Waals surface area contributed by atoms with E-state index in [9.17, 15) is 4.79 Å². The maximum atomic E-state index is 12.2. The molecule has 3 rings (SSSR count). The zero-order chi connectivity index (χ0) is 18.2. The Bertz CT molecular complexity index is 699. The number of thioether (sulfide) groups is 2. The predicted octanol–water partition coefficient (Wildman–Crippen LogP) is 4.76. The van der Waals surface area contributed by atoms with Crippen LogP contribution in [-0.2, 0) is 4.79 Å². The highest BCUT2D eigenvalue weighted by molar-refractivity contribution is 8.03. The minimum atomic E-state index is -0.0145. The third kappa shape index (κ3) is 5.89. The zero-order valence-corrected chi connectivity index (χ0v) is 17.4. The van der Waals surface area contributed by atoms with Gasteiger partial charge in [-0.1, -0.05) is 48.2 Å². The SMILES string of the molecule is CCCCSc1nnc(SCC(=O)Nc2ccc(N3CCCC3)cc2)s1. The summed E-state index contributed by atoms with van der Waals surface area (Å²) in [7, 11) is 0. The van der Waals surface area contributed by atoms with Crippen molar-refractivity contribution in [2.75, 3.05) is 34.8 Å². The molecule has 2 aromatic rings. The van der Waals surface area contributed by atoms with E-state index in [-0.39, 0.29) is 5.91 Å². The number of hydrogen-bond donors (Lipinski definition) is 1. The summed E-state index contributed by atoms with van der Waals surface area (Å²) >= 11 is 4.75. The predicted molar refractivity (Wildman–Crippen MR) is 113 cm³/mol. The molecule has 1 saturated heterocycles. The van der Waals surface area contributed by atoms with Crippen LogP contribution in [-0.4, -0.2) is 40.7 Å². The van der Waals surface area contributed by atoms with E-state index in [1.54, 1.807) is 23.1 Å². The maximum absolute atomic E-state index is 12.2. The number of nitrogens with one attached hydrogen (secondary N) is 1. The van der Waals surface area contributed by atoms with Crippen LogP contribution in [0.15, 0.2) is 32.9 Å². The zero-order valence-electron chi connectivity index (χ0n) is 14.9. The van der Waals surface area contributed by atoms with Crippen molar-refractivity contribution < 1.29 is 4.79 Å². The molecule has 1 amide bonds. The Hall–Kier alpha value is -1.25. The molecule has 0 unspecified atom stereocenters. The fraction of sp³-hybridized carbons (Fsp3) is 0.500. The van der Waals surface area contributed by atoms with Gasteiger partial charge < -0.3 is 10.2 Å². The molecule has 0 radical (unpaired) electrons. The second kappa shape index (κ2) is 10.2. The van der Waals surface area contributed by atoms with Gasteiger partial charge in [-0.15, -0.1) is 10.2 Å².